The lowest BCUT2D eigenvalue weighted by atomic mass is 10.1. The molecule has 2 unspecified atom stereocenters. The van der Waals surface area contributed by atoms with Gasteiger partial charge in [0.05, 0.1) is 31.1 Å². The van der Waals surface area contributed by atoms with E-state index in [9.17, 15) is 9.59 Å². The number of alkyl carbamates (subject to hydrolysis) is 1. The van der Waals surface area contributed by atoms with E-state index in [2.05, 4.69) is 38.5 Å². The zero-order valence-electron chi connectivity index (χ0n) is 14.9. The van der Waals surface area contributed by atoms with Gasteiger partial charge in [0.1, 0.15) is 12.1 Å². The fraction of sp³-hybridized carbons (Fsp3) is 0.588. The Labute approximate surface area is 143 Å². The lowest BCUT2D eigenvalue weighted by Gasteiger charge is -2.16. The zero-order chi connectivity index (χ0) is 18.1. The molecule has 1 aliphatic heterocycles. The van der Waals surface area contributed by atoms with Gasteiger partial charge in [0.25, 0.3) is 0 Å². The van der Waals surface area contributed by atoms with Gasteiger partial charge in [-0.1, -0.05) is 20.4 Å². The number of likely N-dealkylation sites (tertiary alicyclic amines) is 1. The molecule has 2 atom stereocenters. The van der Waals surface area contributed by atoms with Crippen molar-refractivity contribution in [3.05, 3.63) is 24.3 Å². The largest absolute Gasteiger partial charge is 0.453 e. The molecule has 1 aromatic heterocycles. The average molecular weight is 336 g/mol. The van der Waals surface area contributed by atoms with Crippen molar-refractivity contribution in [3.8, 4) is 0 Å². The van der Waals surface area contributed by atoms with Crippen LogP contribution in [0.5, 0.6) is 0 Å². The van der Waals surface area contributed by atoms with Gasteiger partial charge in [0.2, 0.25) is 0 Å². The third-order valence-corrected chi connectivity index (χ3v) is 4.01. The van der Waals surface area contributed by atoms with Gasteiger partial charge in [-0.2, -0.15) is 0 Å². The van der Waals surface area contributed by atoms with Crippen molar-refractivity contribution >= 4 is 18.5 Å². The van der Waals surface area contributed by atoms with E-state index in [1.54, 1.807) is 6.08 Å². The SMILES string of the molecule is C=Cc1cnc(C2CCCN2C)[nH]1.COC(=O)NC(C=O)C(C)C. The minimum atomic E-state index is -0.573. The van der Waals surface area contributed by atoms with Crippen LogP contribution in [0.4, 0.5) is 4.79 Å². The number of aldehydes is 1. The monoisotopic (exact) mass is 336 g/mol. The summed E-state index contributed by atoms with van der Waals surface area (Å²) in [5, 5.41) is 2.39. The van der Waals surface area contributed by atoms with Crippen LogP contribution in [0.15, 0.2) is 12.8 Å². The first-order chi connectivity index (χ1) is 11.4. The van der Waals surface area contributed by atoms with E-state index >= 15 is 0 Å². The maximum atomic E-state index is 10.6. The second kappa shape index (κ2) is 9.87. The topological polar surface area (TPSA) is 87.3 Å². The number of nitrogens with one attached hydrogen (secondary N) is 2. The lowest BCUT2D eigenvalue weighted by molar-refractivity contribution is -0.110. The Bertz CT molecular complexity index is 542. The van der Waals surface area contributed by atoms with E-state index < -0.39 is 12.1 Å². The zero-order valence-corrected chi connectivity index (χ0v) is 14.9. The van der Waals surface area contributed by atoms with Crippen molar-refractivity contribution < 1.29 is 14.3 Å². The molecule has 1 fully saturated rings. The molecule has 1 amide bonds. The number of amides is 1. The molecule has 0 spiro atoms. The fourth-order valence-electron chi connectivity index (χ4n) is 2.43. The van der Waals surface area contributed by atoms with Crippen molar-refractivity contribution in [2.24, 2.45) is 5.92 Å². The first-order valence-electron chi connectivity index (χ1n) is 8.10. The molecule has 134 valence electrons. The van der Waals surface area contributed by atoms with Crippen LogP contribution in [0.3, 0.4) is 0 Å². The van der Waals surface area contributed by atoms with Gasteiger partial charge in [-0.3, -0.25) is 4.90 Å². The molecule has 7 heteroatoms. The van der Waals surface area contributed by atoms with E-state index in [1.165, 1.54) is 26.5 Å². The number of nitrogens with zero attached hydrogens (tertiary/aromatic N) is 2. The van der Waals surface area contributed by atoms with E-state index in [0.717, 1.165) is 11.5 Å². The smallest absolute Gasteiger partial charge is 0.407 e. The van der Waals surface area contributed by atoms with Crippen LogP contribution < -0.4 is 5.32 Å². The van der Waals surface area contributed by atoms with E-state index in [4.69, 9.17) is 0 Å². The number of carbonyl (C=O) groups excluding carboxylic acids is 2. The van der Waals surface area contributed by atoms with Crippen LogP contribution >= 0.6 is 0 Å². The Morgan fingerprint density at radius 2 is 2.29 bits per heavy atom. The van der Waals surface area contributed by atoms with Gasteiger partial charge in [-0.15, -0.1) is 0 Å². The summed E-state index contributed by atoms with van der Waals surface area (Å²) in [6.07, 6.45) is 6.24. The molecule has 0 aromatic carbocycles. The summed E-state index contributed by atoms with van der Waals surface area (Å²) in [7, 11) is 3.41. The summed E-state index contributed by atoms with van der Waals surface area (Å²) in [5.74, 6) is 1.17. The normalized spacial score (nSPS) is 18.5. The highest BCUT2D eigenvalue weighted by molar-refractivity contribution is 5.73. The van der Waals surface area contributed by atoms with Crippen molar-refractivity contribution in [2.45, 2.75) is 38.8 Å². The van der Waals surface area contributed by atoms with Crippen LogP contribution in [0.25, 0.3) is 6.08 Å². The molecule has 0 saturated carbocycles. The van der Waals surface area contributed by atoms with Crippen molar-refractivity contribution in [3.63, 3.8) is 0 Å². The highest BCUT2D eigenvalue weighted by Gasteiger charge is 2.24. The number of H-pyrrole nitrogens is 1. The van der Waals surface area contributed by atoms with Gasteiger partial charge in [-0.25, -0.2) is 9.78 Å². The van der Waals surface area contributed by atoms with Gasteiger partial charge < -0.3 is 19.8 Å². The molecule has 0 bridgehead atoms. The third-order valence-electron chi connectivity index (χ3n) is 4.01. The Kier molecular flexibility index (Phi) is 8.18. The number of carbonyl (C=O) groups is 2. The predicted molar refractivity (Wildman–Crippen MR) is 93.5 cm³/mol. The van der Waals surface area contributed by atoms with Crippen LogP contribution in [0.2, 0.25) is 0 Å². The summed E-state index contributed by atoms with van der Waals surface area (Å²) in [6.45, 7) is 8.56. The Morgan fingerprint density at radius 3 is 2.71 bits per heavy atom. The standard InChI is InChI=1S/C10H15N3.C7H13NO3/c1-3-8-7-11-10(12-8)9-5-4-6-13(9)2;1-5(2)6(4-9)8-7(10)11-3/h3,7,9H,1,4-6H2,2H3,(H,11,12);4-6H,1-3H3,(H,8,10). The molecule has 0 radical (unpaired) electrons. The molecule has 7 nitrogen and oxygen atoms in total. The van der Waals surface area contributed by atoms with Crippen LogP contribution in [0.1, 0.15) is 44.2 Å². The summed E-state index contributed by atoms with van der Waals surface area (Å²) in [6, 6.07) is 0.0242. The number of ether oxygens (including phenoxy) is 1. The van der Waals surface area contributed by atoms with Gasteiger partial charge >= 0.3 is 6.09 Å². The van der Waals surface area contributed by atoms with Crippen LogP contribution in [-0.2, 0) is 9.53 Å². The van der Waals surface area contributed by atoms with Crippen molar-refractivity contribution in [1.82, 2.24) is 20.2 Å². The molecule has 2 heterocycles. The molecule has 1 aliphatic rings. The lowest BCUT2D eigenvalue weighted by Crippen LogP contribution is -2.39. The van der Waals surface area contributed by atoms with E-state index in [-0.39, 0.29) is 5.92 Å². The number of rotatable bonds is 5. The Balaban J connectivity index is 0.000000245. The molecule has 24 heavy (non-hydrogen) atoms. The molecule has 0 aliphatic carbocycles. The van der Waals surface area contributed by atoms with E-state index in [0.29, 0.717) is 12.3 Å². The maximum absolute atomic E-state index is 10.6. The highest BCUT2D eigenvalue weighted by Crippen LogP contribution is 2.28. The van der Waals surface area contributed by atoms with Gasteiger partial charge in [0.15, 0.2) is 0 Å². The third kappa shape index (κ3) is 5.81. The Hall–Kier alpha value is -2.15. The fourth-order valence-corrected chi connectivity index (χ4v) is 2.43. The molecule has 1 aromatic rings. The second-order valence-electron chi connectivity index (χ2n) is 6.11. The summed E-state index contributed by atoms with van der Waals surface area (Å²) in [5.41, 5.74) is 1.01. The summed E-state index contributed by atoms with van der Waals surface area (Å²) in [4.78, 5) is 30.9. The van der Waals surface area contributed by atoms with Gasteiger partial charge in [0, 0.05) is 0 Å². The van der Waals surface area contributed by atoms with Crippen molar-refractivity contribution in [1.29, 1.82) is 0 Å². The molecule has 2 N–H and O–H groups in total. The molecule has 1 saturated heterocycles. The minimum absolute atomic E-state index is 0.0894. The number of methoxy groups -OCH3 is 1. The maximum Gasteiger partial charge on any atom is 0.407 e. The number of aromatic nitrogens is 2. The number of hydrogen-bond acceptors (Lipinski definition) is 5. The average Bonchev–Trinajstić information content (AvgIpc) is 3.20. The van der Waals surface area contributed by atoms with E-state index in [1.807, 2.05) is 20.0 Å². The second-order valence-corrected chi connectivity index (χ2v) is 6.11. The van der Waals surface area contributed by atoms with Gasteiger partial charge in [-0.05, 0) is 38.4 Å². The highest BCUT2D eigenvalue weighted by atomic mass is 16.5. The van der Waals surface area contributed by atoms with Crippen molar-refractivity contribution in [2.75, 3.05) is 20.7 Å². The van der Waals surface area contributed by atoms with Crippen LogP contribution in [0, 0.1) is 5.92 Å². The summed E-state index contributed by atoms with van der Waals surface area (Å²) >= 11 is 0. The first kappa shape index (κ1) is 19.9. The molecule has 2 rings (SSSR count). The Morgan fingerprint density at radius 1 is 1.58 bits per heavy atom. The first-order valence-corrected chi connectivity index (χ1v) is 8.10. The predicted octanol–water partition coefficient (Wildman–Crippen LogP) is 2.39. The number of imidazole rings is 1. The number of aromatic amines is 1. The summed E-state index contributed by atoms with van der Waals surface area (Å²) < 4.78 is 4.32. The molecular weight excluding hydrogens is 308 g/mol. The minimum Gasteiger partial charge on any atom is -0.453 e. The number of hydrogen-bond donors (Lipinski definition) is 2. The van der Waals surface area contributed by atoms with Crippen LogP contribution in [-0.4, -0.2) is 54.0 Å². The molecular formula is C17H28N4O3. The quantitative estimate of drug-likeness (QED) is 0.806.